The Kier molecular flexibility index (Phi) is 5.19. The van der Waals surface area contributed by atoms with E-state index in [1.165, 1.54) is 24.3 Å². The second-order valence-electron chi connectivity index (χ2n) is 5.65. The molecule has 3 aromatic rings. The fourth-order valence-electron chi connectivity index (χ4n) is 2.44. The summed E-state index contributed by atoms with van der Waals surface area (Å²) in [6, 6.07) is 14.1. The van der Waals surface area contributed by atoms with Gasteiger partial charge in [0.05, 0.1) is 11.6 Å². The van der Waals surface area contributed by atoms with Crippen LogP contribution in [0.1, 0.15) is 11.7 Å². The highest BCUT2D eigenvalue weighted by Crippen LogP contribution is 2.17. The third-order valence-corrected chi connectivity index (χ3v) is 3.76. The summed E-state index contributed by atoms with van der Waals surface area (Å²) in [6.45, 7) is -0.211. The third kappa shape index (κ3) is 4.20. The number of aliphatic hydroxyl groups excluding tert-OH is 1. The maximum absolute atomic E-state index is 13.1. The van der Waals surface area contributed by atoms with Crippen LogP contribution in [0.2, 0.25) is 0 Å². The maximum Gasteiger partial charge on any atom is 0.313 e. The van der Waals surface area contributed by atoms with Gasteiger partial charge >= 0.3 is 11.8 Å². The number of nitrogens with zero attached hydrogens (tertiary/aromatic N) is 1. The van der Waals surface area contributed by atoms with Gasteiger partial charge in [-0.3, -0.25) is 14.6 Å². The quantitative estimate of drug-likeness (QED) is 0.627. The molecule has 26 heavy (non-hydrogen) atoms. The van der Waals surface area contributed by atoms with Crippen LogP contribution in [0.15, 0.2) is 60.8 Å². The summed E-state index contributed by atoms with van der Waals surface area (Å²) in [5.41, 5.74) is 1.54. The number of benzene rings is 2. The zero-order valence-electron chi connectivity index (χ0n) is 13.6. The molecule has 0 spiro atoms. The second-order valence-corrected chi connectivity index (χ2v) is 5.65. The van der Waals surface area contributed by atoms with E-state index < -0.39 is 23.7 Å². The third-order valence-electron chi connectivity index (χ3n) is 3.76. The molecule has 6 nitrogen and oxygen atoms in total. The Labute approximate surface area is 148 Å². The summed E-state index contributed by atoms with van der Waals surface area (Å²) in [6.07, 6.45) is 0.548. The van der Waals surface area contributed by atoms with Gasteiger partial charge in [0, 0.05) is 23.8 Å². The number of hydrogen-bond donors (Lipinski definition) is 3. The second kappa shape index (κ2) is 7.71. The van der Waals surface area contributed by atoms with Crippen LogP contribution in [0, 0.1) is 5.82 Å². The lowest BCUT2D eigenvalue weighted by Crippen LogP contribution is -2.37. The van der Waals surface area contributed by atoms with E-state index >= 15 is 0 Å². The van der Waals surface area contributed by atoms with E-state index in [0.29, 0.717) is 11.3 Å². The molecule has 2 aromatic carbocycles. The van der Waals surface area contributed by atoms with Gasteiger partial charge in [-0.15, -0.1) is 0 Å². The number of hydrogen-bond acceptors (Lipinski definition) is 4. The Morgan fingerprint density at radius 3 is 2.73 bits per heavy atom. The molecule has 1 atom stereocenters. The molecule has 1 heterocycles. The molecular weight excluding hydrogens is 337 g/mol. The van der Waals surface area contributed by atoms with E-state index in [2.05, 4.69) is 15.6 Å². The number of nitrogens with one attached hydrogen (secondary N) is 2. The molecule has 3 rings (SSSR count). The number of aromatic nitrogens is 1. The van der Waals surface area contributed by atoms with Crippen LogP contribution in [0.3, 0.4) is 0 Å². The lowest BCUT2D eigenvalue weighted by Gasteiger charge is -2.12. The van der Waals surface area contributed by atoms with Gasteiger partial charge in [0.1, 0.15) is 5.82 Å². The highest BCUT2D eigenvalue weighted by molar-refractivity contribution is 6.39. The van der Waals surface area contributed by atoms with Crippen LogP contribution in [-0.4, -0.2) is 28.4 Å². The molecule has 0 saturated heterocycles. The molecule has 1 aromatic heterocycles. The molecule has 132 valence electrons. The number of aliphatic hydroxyl groups is 1. The fraction of sp³-hybridized carbons (Fsp3) is 0.105. The van der Waals surface area contributed by atoms with E-state index in [1.807, 2.05) is 6.07 Å². The van der Waals surface area contributed by atoms with Crippen molar-refractivity contribution in [1.29, 1.82) is 0 Å². The minimum atomic E-state index is -1.12. The highest BCUT2D eigenvalue weighted by atomic mass is 19.1. The summed E-state index contributed by atoms with van der Waals surface area (Å²) in [7, 11) is 0. The number of fused-ring (bicyclic) bond motifs is 1. The first-order valence-corrected chi connectivity index (χ1v) is 7.90. The molecule has 3 N–H and O–H groups in total. The molecule has 1 unspecified atom stereocenters. The topological polar surface area (TPSA) is 91.3 Å². The molecule has 2 amide bonds. The van der Waals surface area contributed by atoms with Gasteiger partial charge in [-0.05, 0) is 42.0 Å². The maximum atomic E-state index is 13.1. The summed E-state index contributed by atoms with van der Waals surface area (Å²) < 4.78 is 13.1. The Bertz CT molecular complexity index is 961. The Hall–Kier alpha value is -3.32. The largest absolute Gasteiger partial charge is 0.387 e. The molecule has 0 radical (unpaired) electrons. The van der Waals surface area contributed by atoms with Crippen molar-refractivity contribution >= 4 is 28.4 Å². The predicted molar refractivity (Wildman–Crippen MR) is 94.7 cm³/mol. The van der Waals surface area contributed by atoms with Crippen molar-refractivity contribution in [2.75, 3.05) is 11.9 Å². The molecule has 0 fully saturated rings. The van der Waals surface area contributed by atoms with Crippen molar-refractivity contribution < 1.29 is 19.1 Å². The van der Waals surface area contributed by atoms with Crippen molar-refractivity contribution in [3.8, 4) is 0 Å². The number of carbonyl (C=O) groups excluding carboxylic acids is 2. The van der Waals surface area contributed by atoms with Gasteiger partial charge in [-0.25, -0.2) is 4.39 Å². The van der Waals surface area contributed by atoms with E-state index in [4.69, 9.17) is 0 Å². The Morgan fingerprint density at radius 2 is 1.92 bits per heavy atom. The molecule has 0 aliphatic carbocycles. The first-order chi connectivity index (χ1) is 12.5. The number of amides is 2. The van der Waals surface area contributed by atoms with Gasteiger partial charge in [0.2, 0.25) is 0 Å². The van der Waals surface area contributed by atoms with Gasteiger partial charge in [0.15, 0.2) is 0 Å². The number of carbonyl (C=O) groups is 2. The van der Waals surface area contributed by atoms with Gasteiger partial charge < -0.3 is 15.7 Å². The highest BCUT2D eigenvalue weighted by Gasteiger charge is 2.16. The van der Waals surface area contributed by atoms with Crippen LogP contribution >= 0.6 is 0 Å². The van der Waals surface area contributed by atoms with E-state index in [0.717, 1.165) is 10.9 Å². The summed E-state index contributed by atoms with van der Waals surface area (Å²) >= 11 is 0. The van der Waals surface area contributed by atoms with Gasteiger partial charge in [-0.2, -0.15) is 0 Å². The Morgan fingerprint density at radius 1 is 1.08 bits per heavy atom. The first-order valence-electron chi connectivity index (χ1n) is 7.90. The van der Waals surface area contributed by atoms with E-state index in [-0.39, 0.29) is 6.54 Å². The standard InChI is InChI=1S/C19H16FN3O3/c20-14-5-1-3-13(9-14)17(24)11-22-18(25)19(26)23-15-6-7-16-12(10-15)4-2-8-21-16/h1-10,17,24H,11H2,(H,22,25)(H,23,26). The number of rotatable bonds is 4. The van der Waals surface area contributed by atoms with Crippen molar-refractivity contribution in [2.45, 2.75) is 6.10 Å². The zero-order valence-corrected chi connectivity index (χ0v) is 13.6. The zero-order chi connectivity index (χ0) is 18.5. The van der Waals surface area contributed by atoms with Crippen LogP contribution in [0.25, 0.3) is 10.9 Å². The monoisotopic (exact) mass is 353 g/mol. The van der Waals surface area contributed by atoms with Crippen molar-refractivity contribution in [2.24, 2.45) is 0 Å². The normalized spacial score (nSPS) is 11.8. The first kappa shape index (κ1) is 17.5. The average molecular weight is 353 g/mol. The molecule has 0 saturated carbocycles. The molecule has 7 heteroatoms. The number of pyridine rings is 1. The fourth-order valence-corrected chi connectivity index (χ4v) is 2.44. The van der Waals surface area contributed by atoms with Crippen LogP contribution in [0.4, 0.5) is 10.1 Å². The average Bonchev–Trinajstić information content (AvgIpc) is 2.65. The van der Waals surface area contributed by atoms with Crippen molar-refractivity contribution in [1.82, 2.24) is 10.3 Å². The van der Waals surface area contributed by atoms with E-state index in [1.54, 1.807) is 30.5 Å². The number of anilines is 1. The summed E-state index contributed by atoms with van der Waals surface area (Å²) in [4.78, 5) is 28.0. The lowest BCUT2D eigenvalue weighted by molar-refractivity contribution is -0.136. The molecule has 0 aliphatic rings. The van der Waals surface area contributed by atoms with Crippen LogP contribution in [0.5, 0.6) is 0 Å². The van der Waals surface area contributed by atoms with Crippen molar-refractivity contribution in [3.63, 3.8) is 0 Å². The Balaban J connectivity index is 1.58. The van der Waals surface area contributed by atoms with Gasteiger partial charge in [-0.1, -0.05) is 18.2 Å². The lowest BCUT2D eigenvalue weighted by atomic mass is 10.1. The molecular formula is C19H16FN3O3. The summed E-state index contributed by atoms with van der Waals surface area (Å²) in [5.74, 6) is -2.25. The van der Waals surface area contributed by atoms with Crippen LogP contribution < -0.4 is 10.6 Å². The number of halogens is 1. The van der Waals surface area contributed by atoms with E-state index in [9.17, 15) is 19.1 Å². The summed E-state index contributed by atoms with van der Waals surface area (Å²) in [5, 5.41) is 15.6. The smallest absolute Gasteiger partial charge is 0.313 e. The van der Waals surface area contributed by atoms with Gasteiger partial charge in [0.25, 0.3) is 0 Å². The SMILES string of the molecule is O=C(NCC(O)c1cccc(F)c1)C(=O)Nc1ccc2ncccc2c1. The molecule has 0 aliphatic heterocycles. The minimum Gasteiger partial charge on any atom is -0.387 e. The molecule has 0 bridgehead atoms. The van der Waals surface area contributed by atoms with Crippen LogP contribution in [-0.2, 0) is 9.59 Å². The van der Waals surface area contributed by atoms with Crippen molar-refractivity contribution in [3.05, 3.63) is 72.2 Å². The minimum absolute atomic E-state index is 0.211. The predicted octanol–water partition coefficient (Wildman–Crippen LogP) is 2.16.